The second kappa shape index (κ2) is 7.68. The maximum Gasteiger partial charge on any atom is 0.293 e. The van der Waals surface area contributed by atoms with Crippen LogP contribution in [-0.4, -0.2) is 17.4 Å². The molecule has 3 aromatic carbocycles. The van der Waals surface area contributed by atoms with Crippen LogP contribution in [-0.2, 0) is 22.4 Å². The van der Waals surface area contributed by atoms with Crippen molar-refractivity contribution in [2.24, 2.45) is 4.99 Å². The van der Waals surface area contributed by atoms with Gasteiger partial charge < -0.3 is 4.74 Å². The molecule has 140 valence electrons. The third kappa shape index (κ3) is 3.90. The summed E-state index contributed by atoms with van der Waals surface area (Å²) in [6, 6.07) is 23.4. The fourth-order valence-corrected chi connectivity index (χ4v) is 3.60. The number of benzene rings is 3. The average Bonchev–Trinajstić information content (AvgIpc) is 3.00. The van der Waals surface area contributed by atoms with Gasteiger partial charge in [-0.25, -0.2) is 4.39 Å². The second-order valence-corrected chi connectivity index (χ2v) is 7.71. The summed E-state index contributed by atoms with van der Waals surface area (Å²) in [5.41, 5.74) is 1.24. The van der Waals surface area contributed by atoms with Crippen molar-refractivity contribution in [2.45, 2.75) is 18.4 Å². The normalized spacial score (nSPS) is 18.6. The lowest BCUT2D eigenvalue weighted by atomic mass is 9.87. The van der Waals surface area contributed by atoms with Crippen molar-refractivity contribution in [1.29, 1.82) is 0 Å². The summed E-state index contributed by atoms with van der Waals surface area (Å²) in [4.78, 5) is 17.2. The number of aliphatic imine (C=N–C) groups is 1. The van der Waals surface area contributed by atoms with Gasteiger partial charge in [-0.05, 0) is 41.5 Å². The van der Waals surface area contributed by atoms with Crippen molar-refractivity contribution in [1.82, 2.24) is 0 Å². The number of halogens is 2. The number of ether oxygens (including phenoxy) is 1. The van der Waals surface area contributed by atoms with Gasteiger partial charge in [0.25, 0.3) is 5.91 Å². The molecule has 0 unspecified atom stereocenters. The second-order valence-electron chi connectivity index (χ2n) is 6.79. The molecule has 0 saturated heterocycles. The van der Waals surface area contributed by atoms with E-state index in [0.717, 1.165) is 15.6 Å². The molecule has 4 rings (SSSR count). The smallest absolute Gasteiger partial charge is 0.293 e. The van der Waals surface area contributed by atoms with Gasteiger partial charge in [0.05, 0.1) is 0 Å². The molecule has 1 amide bonds. The highest BCUT2D eigenvalue weighted by molar-refractivity contribution is 9.10. The van der Waals surface area contributed by atoms with E-state index >= 15 is 0 Å². The average molecular weight is 438 g/mol. The Morgan fingerprint density at radius 2 is 1.57 bits per heavy atom. The lowest BCUT2D eigenvalue weighted by molar-refractivity contribution is -0.130. The lowest BCUT2D eigenvalue weighted by Crippen LogP contribution is -2.42. The van der Waals surface area contributed by atoms with Crippen LogP contribution >= 0.6 is 15.9 Å². The molecule has 0 bridgehead atoms. The van der Waals surface area contributed by atoms with Crippen LogP contribution in [0.4, 0.5) is 4.39 Å². The maximum atomic E-state index is 13.6. The Kier molecular flexibility index (Phi) is 5.09. The lowest BCUT2D eigenvalue weighted by Gasteiger charge is -2.27. The van der Waals surface area contributed by atoms with Crippen LogP contribution < -0.4 is 0 Å². The Hall–Kier alpha value is -2.79. The third-order valence-electron chi connectivity index (χ3n) is 4.69. The Labute approximate surface area is 171 Å². The molecular weight excluding hydrogens is 421 g/mol. The third-order valence-corrected chi connectivity index (χ3v) is 5.22. The van der Waals surface area contributed by atoms with Gasteiger partial charge in [0.1, 0.15) is 5.82 Å². The van der Waals surface area contributed by atoms with E-state index in [4.69, 9.17) is 4.74 Å². The molecule has 1 aliphatic heterocycles. The molecule has 0 radical (unpaired) electrons. The molecule has 1 heterocycles. The Morgan fingerprint density at radius 1 is 0.893 bits per heavy atom. The van der Waals surface area contributed by atoms with E-state index in [1.54, 1.807) is 12.1 Å². The van der Waals surface area contributed by atoms with Crippen molar-refractivity contribution < 1.29 is 13.9 Å². The highest BCUT2D eigenvalue weighted by Crippen LogP contribution is 2.32. The zero-order valence-electron chi connectivity index (χ0n) is 14.9. The van der Waals surface area contributed by atoms with Crippen molar-refractivity contribution in [3.05, 3.63) is 106 Å². The minimum absolute atomic E-state index is 0.164. The molecule has 5 heteroatoms. The van der Waals surface area contributed by atoms with Gasteiger partial charge in [-0.15, -0.1) is 0 Å². The van der Waals surface area contributed by atoms with E-state index in [0.29, 0.717) is 18.4 Å². The molecular formula is C23H17BrFNO2. The summed E-state index contributed by atoms with van der Waals surface area (Å²) >= 11 is 3.43. The van der Waals surface area contributed by atoms with E-state index < -0.39 is 11.4 Å². The standard InChI is InChI=1S/C23H17BrFNO2/c24-19-11-9-17(10-12-19)15-23(14-16-5-2-1-3-6-16)22(27)26-21(28-23)18-7-4-8-20(25)13-18/h1-13H,14-15H2/t23-/m0/s1. The van der Waals surface area contributed by atoms with Crippen molar-refractivity contribution in [2.75, 3.05) is 0 Å². The van der Waals surface area contributed by atoms with Crippen LogP contribution in [0.15, 0.2) is 88.3 Å². The molecule has 1 aliphatic rings. The molecule has 1 atom stereocenters. The van der Waals surface area contributed by atoms with E-state index in [2.05, 4.69) is 20.9 Å². The molecule has 0 fully saturated rings. The van der Waals surface area contributed by atoms with Crippen LogP contribution in [0.1, 0.15) is 16.7 Å². The van der Waals surface area contributed by atoms with Gasteiger partial charge in [0.2, 0.25) is 5.90 Å². The number of hydrogen-bond donors (Lipinski definition) is 0. The number of carbonyl (C=O) groups is 1. The summed E-state index contributed by atoms with van der Waals surface area (Å²) in [6.07, 6.45) is 0.751. The number of amides is 1. The Morgan fingerprint density at radius 3 is 2.25 bits per heavy atom. The molecule has 0 aliphatic carbocycles. The minimum Gasteiger partial charge on any atom is -0.460 e. The quantitative estimate of drug-likeness (QED) is 0.555. The first-order valence-electron chi connectivity index (χ1n) is 8.91. The molecule has 0 N–H and O–H groups in total. The zero-order valence-corrected chi connectivity index (χ0v) is 16.5. The van der Waals surface area contributed by atoms with Crippen LogP contribution in [0.2, 0.25) is 0 Å². The van der Waals surface area contributed by atoms with Gasteiger partial charge in [-0.1, -0.05) is 64.5 Å². The van der Waals surface area contributed by atoms with Crippen molar-refractivity contribution in [3.63, 3.8) is 0 Å². The van der Waals surface area contributed by atoms with Gasteiger partial charge in [-0.3, -0.25) is 4.79 Å². The van der Waals surface area contributed by atoms with Gasteiger partial charge in [-0.2, -0.15) is 4.99 Å². The number of hydrogen-bond acceptors (Lipinski definition) is 2. The van der Waals surface area contributed by atoms with E-state index in [-0.39, 0.29) is 11.8 Å². The molecule has 0 saturated carbocycles. The predicted octanol–water partition coefficient (Wildman–Crippen LogP) is 5.12. The summed E-state index contributed by atoms with van der Waals surface area (Å²) in [5, 5.41) is 0. The summed E-state index contributed by atoms with van der Waals surface area (Å²) in [5.74, 6) is -0.583. The van der Waals surface area contributed by atoms with Crippen LogP contribution in [0.5, 0.6) is 0 Å². The Balaban J connectivity index is 1.69. The molecule has 0 spiro atoms. The maximum absolute atomic E-state index is 13.6. The molecule has 28 heavy (non-hydrogen) atoms. The SMILES string of the molecule is O=C1N=C(c2cccc(F)c2)O[C@@]1(Cc1ccccc1)Cc1ccc(Br)cc1. The number of rotatable bonds is 5. The highest BCUT2D eigenvalue weighted by atomic mass is 79.9. The molecule has 0 aromatic heterocycles. The largest absolute Gasteiger partial charge is 0.460 e. The predicted molar refractivity (Wildman–Crippen MR) is 110 cm³/mol. The first kappa shape index (κ1) is 18.6. The minimum atomic E-state index is -1.16. The fraction of sp³-hybridized carbons (Fsp3) is 0.130. The van der Waals surface area contributed by atoms with E-state index in [9.17, 15) is 9.18 Å². The topological polar surface area (TPSA) is 38.7 Å². The highest BCUT2D eigenvalue weighted by Gasteiger charge is 2.47. The van der Waals surface area contributed by atoms with Gasteiger partial charge in [0, 0.05) is 22.9 Å². The van der Waals surface area contributed by atoms with Crippen LogP contribution in [0, 0.1) is 5.82 Å². The monoisotopic (exact) mass is 437 g/mol. The summed E-state index contributed by atoms with van der Waals surface area (Å²) < 4.78 is 20.8. The molecule has 3 nitrogen and oxygen atoms in total. The Bertz CT molecular complexity index is 1030. The van der Waals surface area contributed by atoms with E-state index in [1.165, 1.54) is 12.1 Å². The van der Waals surface area contributed by atoms with Gasteiger partial charge >= 0.3 is 0 Å². The molecule has 3 aromatic rings. The van der Waals surface area contributed by atoms with Crippen molar-refractivity contribution >= 4 is 27.7 Å². The zero-order chi connectivity index (χ0) is 19.6. The van der Waals surface area contributed by atoms with Crippen LogP contribution in [0.25, 0.3) is 0 Å². The first-order chi connectivity index (χ1) is 13.5. The summed E-state index contributed by atoms with van der Waals surface area (Å²) in [7, 11) is 0. The number of nitrogens with zero attached hydrogens (tertiary/aromatic N) is 1. The van der Waals surface area contributed by atoms with E-state index in [1.807, 2.05) is 54.6 Å². The van der Waals surface area contributed by atoms with Crippen molar-refractivity contribution in [3.8, 4) is 0 Å². The fourth-order valence-electron chi connectivity index (χ4n) is 3.33. The van der Waals surface area contributed by atoms with Crippen LogP contribution in [0.3, 0.4) is 0 Å². The first-order valence-corrected chi connectivity index (χ1v) is 9.70. The summed E-state index contributed by atoms with van der Waals surface area (Å²) in [6.45, 7) is 0. The van der Waals surface area contributed by atoms with Gasteiger partial charge in [0.15, 0.2) is 5.60 Å². The number of carbonyl (C=O) groups excluding carboxylic acids is 1.